The summed E-state index contributed by atoms with van der Waals surface area (Å²) in [6, 6.07) is 7.79. The van der Waals surface area contributed by atoms with Crippen molar-refractivity contribution in [2.24, 2.45) is 0 Å². The van der Waals surface area contributed by atoms with E-state index in [1.54, 1.807) is 0 Å². The first-order valence-corrected chi connectivity index (χ1v) is 8.00. The molecule has 1 saturated heterocycles. The Morgan fingerprint density at radius 1 is 1.30 bits per heavy atom. The maximum absolute atomic E-state index is 12.0. The fourth-order valence-electron chi connectivity index (χ4n) is 2.67. The largest absolute Gasteiger partial charge is 0.481 e. The minimum absolute atomic E-state index is 0.0544. The molecule has 0 saturated carbocycles. The Bertz CT molecular complexity index is 530. The Labute approximate surface area is 136 Å². The van der Waals surface area contributed by atoms with Gasteiger partial charge in [0.1, 0.15) is 6.10 Å². The molecule has 6 heteroatoms. The third kappa shape index (κ3) is 5.56. The van der Waals surface area contributed by atoms with Crippen LogP contribution in [-0.2, 0) is 9.53 Å². The van der Waals surface area contributed by atoms with Gasteiger partial charge in [0, 0.05) is 19.6 Å². The lowest BCUT2D eigenvalue weighted by Gasteiger charge is -2.32. The number of carbonyl (C=O) groups excluding carboxylic acids is 1. The molecule has 0 spiro atoms. The zero-order valence-electron chi connectivity index (χ0n) is 13.4. The highest BCUT2D eigenvalue weighted by Gasteiger charge is 2.28. The number of benzene rings is 1. The van der Waals surface area contributed by atoms with Gasteiger partial charge in [-0.25, -0.2) is 4.79 Å². The third-order valence-corrected chi connectivity index (χ3v) is 3.90. The van der Waals surface area contributed by atoms with E-state index < -0.39 is 5.97 Å². The predicted molar refractivity (Wildman–Crippen MR) is 86.3 cm³/mol. The third-order valence-electron chi connectivity index (χ3n) is 3.90. The minimum Gasteiger partial charge on any atom is -0.481 e. The van der Waals surface area contributed by atoms with Crippen molar-refractivity contribution in [1.29, 1.82) is 0 Å². The Hall–Kier alpha value is -2.08. The predicted octanol–water partition coefficient (Wildman–Crippen LogP) is 2.38. The molecular weight excluding hydrogens is 296 g/mol. The molecular formula is C17H24N2O4. The van der Waals surface area contributed by atoms with E-state index in [0.717, 1.165) is 18.4 Å². The van der Waals surface area contributed by atoms with Gasteiger partial charge in [0.05, 0.1) is 6.04 Å². The summed E-state index contributed by atoms with van der Waals surface area (Å²) in [5, 5.41) is 14.2. The monoisotopic (exact) mass is 320 g/mol. The summed E-state index contributed by atoms with van der Waals surface area (Å²) in [6.45, 7) is 3.07. The molecule has 0 radical (unpaired) electrons. The molecule has 1 aliphatic rings. The van der Waals surface area contributed by atoms with Gasteiger partial charge in [0.15, 0.2) is 0 Å². The van der Waals surface area contributed by atoms with Gasteiger partial charge in [-0.2, -0.15) is 0 Å². The van der Waals surface area contributed by atoms with Crippen LogP contribution in [0.5, 0.6) is 0 Å². The number of hydrogen-bond donors (Lipinski definition) is 3. The van der Waals surface area contributed by atoms with Crippen molar-refractivity contribution >= 4 is 12.0 Å². The van der Waals surface area contributed by atoms with Crippen molar-refractivity contribution < 1.29 is 19.4 Å². The van der Waals surface area contributed by atoms with Crippen LogP contribution in [0.2, 0.25) is 0 Å². The van der Waals surface area contributed by atoms with Crippen molar-refractivity contribution in [2.75, 3.05) is 13.2 Å². The van der Waals surface area contributed by atoms with E-state index in [4.69, 9.17) is 9.84 Å². The lowest BCUT2D eigenvalue weighted by atomic mass is 9.95. The van der Waals surface area contributed by atoms with Gasteiger partial charge >= 0.3 is 12.0 Å². The minimum atomic E-state index is -0.854. The van der Waals surface area contributed by atoms with E-state index >= 15 is 0 Å². The van der Waals surface area contributed by atoms with Crippen LogP contribution in [0.15, 0.2) is 24.3 Å². The van der Waals surface area contributed by atoms with E-state index in [1.807, 2.05) is 31.2 Å². The van der Waals surface area contributed by atoms with Crippen LogP contribution in [0.3, 0.4) is 0 Å². The molecule has 0 bridgehead atoms. The molecule has 1 heterocycles. The first-order chi connectivity index (χ1) is 11.1. The van der Waals surface area contributed by atoms with Crippen molar-refractivity contribution in [3.63, 3.8) is 0 Å². The highest BCUT2D eigenvalue weighted by atomic mass is 16.5. The highest BCUT2D eigenvalue weighted by Crippen LogP contribution is 2.28. The summed E-state index contributed by atoms with van der Waals surface area (Å²) in [5.74, 6) is -0.854. The van der Waals surface area contributed by atoms with E-state index in [2.05, 4.69) is 10.6 Å². The lowest BCUT2D eigenvalue weighted by Crippen LogP contribution is -2.47. The number of nitrogens with one attached hydrogen (secondary N) is 2. The molecule has 2 rings (SSSR count). The fourth-order valence-corrected chi connectivity index (χ4v) is 2.67. The molecule has 0 aliphatic carbocycles. The Morgan fingerprint density at radius 2 is 2.04 bits per heavy atom. The number of carboxylic acids is 1. The molecule has 1 fully saturated rings. The van der Waals surface area contributed by atoms with E-state index in [9.17, 15) is 9.59 Å². The Balaban J connectivity index is 1.87. The summed E-state index contributed by atoms with van der Waals surface area (Å²) in [7, 11) is 0. The maximum Gasteiger partial charge on any atom is 0.315 e. The van der Waals surface area contributed by atoms with Crippen LogP contribution < -0.4 is 10.6 Å². The lowest BCUT2D eigenvalue weighted by molar-refractivity contribution is -0.137. The van der Waals surface area contributed by atoms with Gasteiger partial charge < -0.3 is 20.5 Å². The number of aliphatic carboxylic acids is 1. The Kier molecular flexibility index (Phi) is 6.40. The molecule has 1 aromatic carbocycles. The van der Waals surface area contributed by atoms with Gasteiger partial charge in [0.2, 0.25) is 0 Å². The number of aryl methyl sites for hydroxylation is 1. The topological polar surface area (TPSA) is 87.7 Å². The summed E-state index contributed by atoms with van der Waals surface area (Å²) < 4.78 is 5.85. The zero-order valence-corrected chi connectivity index (χ0v) is 13.4. The number of ether oxygens (including phenoxy) is 1. The Morgan fingerprint density at radius 3 is 2.74 bits per heavy atom. The number of carboxylic acid groups (broad SMARTS) is 1. The van der Waals surface area contributed by atoms with Gasteiger partial charge in [-0.1, -0.05) is 29.8 Å². The highest BCUT2D eigenvalue weighted by molar-refractivity contribution is 5.74. The first kappa shape index (κ1) is 17.3. The van der Waals surface area contributed by atoms with Crippen LogP contribution in [-0.4, -0.2) is 36.3 Å². The standard InChI is InChI=1S/C17H24N2O4/c1-12-6-8-13(9-7-12)16-14(4-3-11-23-16)19-17(22)18-10-2-5-15(20)21/h6-9,14,16H,2-5,10-11H2,1H3,(H,20,21)(H2,18,19,22). The molecule has 1 aromatic rings. The summed E-state index contributed by atoms with van der Waals surface area (Å²) in [6.07, 6.45) is 2.10. The molecule has 2 unspecified atom stereocenters. The van der Waals surface area contributed by atoms with Gasteiger partial charge in [0.25, 0.3) is 0 Å². The molecule has 1 aliphatic heterocycles. The average molecular weight is 320 g/mol. The number of hydrogen-bond acceptors (Lipinski definition) is 3. The molecule has 6 nitrogen and oxygen atoms in total. The van der Waals surface area contributed by atoms with Crippen molar-refractivity contribution in [2.45, 2.75) is 44.8 Å². The van der Waals surface area contributed by atoms with E-state index in [-0.39, 0.29) is 24.6 Å². The molecule has 0 aromatic heterocycles. The van der Waals surface area contributed by atoms with Crippen LogP contribution in [0.1, 0.15) is 42.9 Å². The average Bonchev–Trinajstić information content (AvgIpc) is 2.53. The van der Waals surface area contributed by atoms with Gasteiger partial charge in [-0.3, -0.25) is 4.79 Å². The molecule has 2 amide bonds. The smallest absolute Gasteiger partial charge is 0.315 e. The van der Waals surface area contributed by atoms with Crippen LogP contribution in [0.25, 0.3) is 0 Å². The second-order valence-corrected chi connectivity index (χ2v) is 5.85. The second-order valence-electron chi connectivity index (χ2n) is 5.85. The molecule has 2 atom stereocenters. The second kappa shape index (κ2) is 8.53. The van der Waals surface area contributed by atoms with Crippen LogP contribution in [0.4, 0.5) is 4.79 Å². The SMILES string of the molecule is Cc1ccc(C2OCCCC2NC(=O)NCCCC(=O)O)cc1. The molecule has 23 heavy (non-hydrogen) atoms. The maximum atomic E-state index is 12.0. The number of rotatable bonds is 6. The fraction of sp³-hybridized carbons (Fsp3) is 0.529. The number of urea groups is 1. The quantitative estimate of drug-likeness (QED) is 0.702. The number of carbonyl (C=O) groups is 2. The van der Waals surface area contributed by atoms with Crippen molar-refractivity contribution in [1.82, 2.24) is 10.6 Å². The number of amides is 2. The summed E-state index contributed by atoms with van der Waals surface area (Å²) >= 11 is 0. The van der Waals surface area contributed by atoms with Gasteiger partial charge in [-0.15, -0.1) is 0 Å². The summed E-state index contributed by atoms with van der Waals surface area (Å²) in [4.78, 5) is 22.4. The van der Waals surface area contributed by atoms with Crippen molar-refractivity contribution in [3.8, 4) is 0 Å². The van der Waals surface area contributed by atoms with E-state index in [0.29, 0.717) is 19.6 Å². The van der Waals surface area contributed by atoms with E-state index in [1.165, 1.54) is 5.56 Å². The summed E-state index contributed by atoms with van der Waals surface area (Å²) in [5.41, 5.74) is 2.25. The first-order valence-electron chi connectivity index (χ1n) is 8.00. The van der Waals surface area contributed by atoms with Crippen LogP contribution >= 0.6 is 0 Å². The molecule has 3 N–H and O–H groups in total. The zero-order chi connectivity index (χ0) is 16.7. The molecule has 126 valence electrons. The normalized spacial score (nSPS) is 20.7. The van der Waals surface area contributed by atoms with Crippen LogP contribution in [0, 0.1) is 6.92 Å². The van der Waals surface area contributed by atoms with Crippen molar-refractivity contribution in [3.05, 3.63) is 35.4 Å². The van der Waals surface area contributed by atoms with Gasteiger partial charge in [-0.05, 0) is 31.7 Å².